The molecule has 1 fully saturated rings. The van der Waals surface area contributed by atoms with Crippen molar-refractivity contribution < 1.29 is 0 Å². The molecule has 1 saturated heterocycles. The summed E-state index contributed by atoms with van der Waals surface area (Å²) in [6, 6.07) is 2.69. The maximum atomic E-state index is 5.88. The molecule has 2 nitrogen and oxygen atoms in total. The Hall–Kier alpha value is -0.0900. The van der Waals surface area contributed by atoms with Crippen molar-refractivity contribution in [2.24, 2.45) is 0 Å². The number of likely N-dealkylation sites (tertiary alicyclic amines) is 1. The lowest BCUT2D eigenvalue weighted by molar-refractivity contribution is 0.252. The smallest absolute Gasteiger partial charge is 0.0516 e. The van der Waals surface area contributed by atoms with Gasteiger partial charge in [-0.1, -0.05) is 11.6 Å². The average Bonchev–Trinajstić information content (AvgIpc) is 2.89. The Kier molecular flexibility index (Phi) is 4.65. The lowest BCUT2D eigenvalue weighted by atomic mass is 10.3. The van der Waals surface area contributed by atoms with E-state index in [1.54, 1.807) is 11.3 Å². The van der Waals surface area contributed by atoms with E-state index in [-0.39, 0.29) is 0 Å². The summed E-state index contributed by atoms with van der Waals surface area (Å²) in [6.45, 7) is 6.85. The van der Waals surface area contributed by atoms with Crippen LogP contribution in [0, 0.1) is 0 Å². The predicted octanol–water partition coefficient (Wildman–Crippen LogP) is 2.98. The van der Waals surface area contributed by atoms with Crippen molar-refractivity contribution in [3.05, 3.63) is 21.3 Å². The lowest BCUT2D eigenvalue weighted by Gasteiger charge is -2.23. The Morgan fingerprint density at radius 3 is 2.88 bits per heavy atom. The molecule has 0 amide bonds. The fourth-order valence-corrected chi connectivity index (χ4v) is 3.20. The van der Waals surface area contributed by atoms with Crippen molar-refractivity contribution in [2.75, 3.05) is 19.6 Å². The lowest BCUT2D eigenvalue weighted by Crippen LogP contribution is -2.38. The second-order valence-corrected chi connectivity index (χ2v) is 5.89. The zero-order valence-electron chi connectivity index (χ0n) is 9.71. The van der Waals surface area contributed by atoms with Gasteiger partial charge in [0.2, 0.25) is 0 Å². The molecule has 4 heteroatoms. The Labute approximate surface area is 107 Å². The van der Waals surface area contributed by atoms with Gasteiger partial charge >= 0.3 is 0 Å². The first-order chi connectivity index (χ1) is 7.75. The molecule has 1 aliphatic heterocycles. The number of hydrogen-bond acceptors (Lipinski definition) is 3. The molecular weight excluding hydrogens is 240 g/mol. The van der Waals surface area contributed by atoms with Crippen LogP contribution in [-0.4, -0.2) is 30.6 Å². The third-order valence-electron chi connectivity index (χ3n) is 3.12. The highest BCUT2D eigenvalue weighted by molar-refractivity contribution is 7.10. The first-order valence-electron chi connectivity index (χ1n) is 5.93. The zero-order valence-corrected chi connectivity index (χ0v) is 11.3. The van der Waals surface area contributed by atoms with Gasteiger partial charge < -0.3 is 5.32 Å². The topological polar surface area (TPSA) is 15.3 Å². The maximum Gasteiger partial charge on any atom is 0.0516 e. The highest BCUT2D eigenvalue weighted by atomic mass is 35.5. The molecule has 16 heavy (non-hydrogen) atoms. The van der Waals surface area contributed by atoms with E-state index >= 15 is 0 Å². The molecule has 2 heterocycles. The minimum atomic E-state index is 0.651. The van der Waals surface area contributed by atoms with Crippen LogP contribution in [0.25, 0.3) is 0 Å². The van der Waals surface area contributed by atoms with E-state index in [1.165, 1.54) is 30.8 Å². The molecule has 1 aromatic heterocycles. The number of hydrogen-bond donors (Lipinski definition) is 1. The van der Waals surface area contributed by atoms with E-state index in [1.807, 2.05) is 11.4 Å². The third-order valence-corrected chi connectivity index (χ3v) is 4.41. The fourth-order valence-electron chi connectivity index (χ4n) is 2.16. The van der Waals surface area contributed by atoms with Crippen molar-refractivity contribution in [1.29, 1.82) is 0 Å². The van der Waals surface area contributed by atoms with Gasteiger partial charge in [-0.05, 0) is 38.9 Å². The Morgan fingerprint density at radius 2 is 2.25 bits per heavy atom. The molecule has 1 aromatic rings. The van der Waals surface area contributed by atoms with Crippen molar-refractivity contribution in [2.45, 2.75) is 32.4 Å². The number of thiophene rings is 1. The molecule has 1 unspecified atom stereocenters. The number of nitrogens with zero attached hydrogens (tertiary/aromatic N) is 1. The molecule has 1 aliphatic rings. The highest BCUT2D eigenvalue weighted by Crippen LogP contribution is 2.18. The Balaban J connectivity index is 1.67. The van der Waals surface area contributed by atoms with Gasteiger partial charge in [0, 0.05) is 29.4 Å². The largest absolute Gasteiger partial charge is 0.310 e. The van der Waals surface area contributed by atoms with Gasteiger partial charge in [0.05, 0.1) is 5.02 Å². The first kappa shape index (κ1) is 12.4. The van der Waals surface area contributed by atoms with Crippen molar-refractivity contribution in [3.8, 4) is 0 Å². The van der Waals surface area contributed by atoms with Gasteiger partial charge in [-0.15, -0.1) is 11.3 Å². The molecule has 0 spiro atoms. The Morgan fingerprint density at radius 1 is 1.50 bits per heavy atom. The van der Waals surface area contributed by atoms with Gasteiger partial charge in [-0.3, -0.25) is 4.90 Å². The molecule has 1 atom stereocenters. The van der Waals surface area contributed by atoms with Crippen molar-refractivity contribution >= 4 is 22.9 Å². The maximum absolute atomic E-state index is 5.88. The monoisotopic (exact) mass is 258 g/mol. The Bertz CT molecular complexity index is 321. The van der Waals surface area contributed by atoms with Crippen molar-refractivity contribution in [3.63, 3.8) is 0 Å². The molecular formula is C12H19ClN2S. The van der Waals surface area contributed by atoms with Crippen LogP contribution in [0.5, 0.6) is 0 Å². The number of halogens is 1. The molecule has 0 bridgehead atoms. The van der Waals surface area contributed by atoms with Crippen LogP contribution in [0.15, 0.2) is 11.4 Å². The first-order valence-corrected chi connectivity index (χ1v) is 7.19. The summed E-state index contributed by atoms with van der Waals surface area (Å²) in [7, 11) is 0. The zero-order chi connectivity index (χ0) is 11.4. The number of nitrogens with one attached hydrogen (secondary N) is 1. The van der Waals surface area contributed by atoms with E-state index in [4.69, 9.17) is 11.6 Å². The van der Waals surface area contributed by atoms with Crippen LogP contribution >= 0.6 is 22.9 Å². The van der Waals surface area contributed by atoms with Crippen LogP contribution in [0.3, 0.4) is 0 Å². The van der Waals surface area contributed by atoms with E-state index in [0.29, 0.717) is 6.04 Å². The van der Waals surface area contributed by atoms with E-state index < -0.39 is 0 Å². The molecule has 2 rings (SSSR count). The van der Waals surface area contributed by atoms with Gasteiger partial charge in [0.25, 0.3) is 0 Å². The second-order valence-electron chi connectivity index (χ2n) is 4.45. The summed E-state index contributed by atoms with van der Waals surface area (Å²) < 4.78 is 0. The molecule has 0 radical (unpaired) electrons. The summed E-state index contributed by atoms with van der Waals surface area (Å²) in [5.41, 5.74) is 0. The van der Waals surface area contributed by atoms with Crippen LogP contribution in [0.2, 0.25) is 5.02 Å². The van der Waals surface area contributed by atoms with Crippen LogP contribution in [0.1, 0.15) is 24.6 Å². The highest BCUT2D eigenvalue weighted by Gasteiger charge is 2.17. The molecule has 0 aromatic carbocycles. The van der Waals surface area contributed by atoms with Crippen LogP contribution < -0.4 is 5.32 Å². The second kappa shape index (κ2) is 6.01. The molecule has 1 N–H and O–H groups in total. The van der Waals surface area contributed by atoms with Crippen LogP contribution in [0.4, 0.5) is 0 Å². The summed E-state index contributed by atoms with van der Waals surface area (Å²) in [4.78, 5) is 3.88. The number of rotatable bonds is 5. The predicted molar refractivity (Wildman–Crippen MR) is 71.3 cm³/mol. The molecule has 90 valence electrons. The van der Waals surface area contributed by atoms with Gasteiger partial charge in [-0.25, -0.2) is 0 Å². The summed E-state index contributed by atoms with van der Waals surface area (Å²) in [5, 5.41) is 6.35. The SMILES string of the molecule is CC(CNCc1cc(Cl)cs1)N1CCCC1. The minimum Gasteiger partial charge on any atom is -0.310 e. The fraction of sp³-hybridized carbons (Fsp3) is 0.667. The molecule has 0 saturated carbocycles. The quantitative estimate of drug-likeness (QED) is 0.874. The van der Waals surface area contributed by atoms with E-state index in [9.17, 15) is 0 Å². The minimum absolute atomic E-state index is 0.651. The third kappa shape index (κ3) is 3.45. The normalized spacial score (nSPS) is 19.1. The summed E-state index contributed by atoms with van der Waals surface area (Å²) >= 11 is 7.61. The summed E-state index contributed by atoms with van der Waals surface area (Å²) in [5.74, 6) is 0. The standard InChI is InChI=1S/C12H19ClN2S/c1-10(15-4-2-3-5-15)7-14-8-12-6-11(13)9-16-12/h6,9-10,14H,2-5,7-8H2,1H3. The molecule has 0 aliphatic carbocycles. The van der Waals surface area contributed by atoms with Gasteiger partial charge in [0.15, 0.2) is 0 Å². The van der Waals surface area contributed by atoms with E-state index in [0.717, 1.165) is 18.1 Å². The van der Waals surface area contributed by atoms with Gasteiger partial charge in [-0.2, -0.15) is 0 Å². The summed E-state index contributed by atoms with van der Waals surface area (Å²) in [6.07, 6.45) is 2.73. The average molecular weight is 259 g/mol. The van der Waals surface area contributed by atoms with Crippen molar-refractivity contribution in [1.82, 2.24) is 10.2 Å². The van der Waals surface area contributed by atoms with Gasteiger partial charge in [0.1, 0.15) is 0 Å². The van der Waals surface area contributed by atoms with E-state index in [2.05, 4.69) is 17.1 Å². The van der Waals surface area contributed by atoms with Crippen LogP contribution in [-0.2, 0) is 6.54 Å².